The molecule has 0 spiro atoms. The molecule has 1 N–H and O–H groups in total. The Kier molecular flexibility index (Phi) is 4.58. The Labute approximate surface area is 113 Å². The molecular formula is C15H19FN2O. The molecule has 0 saturated carbocycles. The maximum atomic E-state index is 13.7. The van der Waals surface area contributed by atoms with Crippen molar-refractivity contribution in [2.75, 3.05) is 18.5 Å². The third-order valence-corrected chi connectivity index (χ3v) is 3.04. The van der Waals surface area contributed by atoms with Crippen LogP contribution in [-0.2, 0) is 13.1 Å². The van der Waals surface area contributed by atoms with Crippen LogP contribution >= 0.6 is 0 Å². The van der Waals surface area contributed by atoms with Gasteiger partial charge in [-0.05, 0) is 24.7 Å². The summed E-state index contributed by atoms with van der Waals surface area (Å²) in [6.45, 7) is 4.26. The highest BCUT2D eigenvalue weighted by Gasteiger charge is 2.11. The molecule has 0 bridgehead atoms. The number of para-hydroxylation sites is 1. The van der Waals surface area contributed by atoms with E-state index in [-0.39, 0.29) is 5.82 Å². The van der Waals surface area contributed by atoms with Crippen LogP contribution in [0.1, 0.15) is 18.2 Å². The van der Waals surface area contributed by atoms with Crippen molar-refractivity contribution in [2.24, 2.45) is 0 Å². The number of rotatable bonds is 6. The van der Waals surface area contributed by atoms with Crippen LogP contribution in [0.3, 0.4) is 0 Å². The number of nitrogens with one attached hydrogen (secondary N) is 1. The molecule has 0 amide bonds. The number of hydrogen-bond acceptors (Lipinski definition) is 3. The first-order chi connectivity index (χ1) is 9.22. The third kappa shape index (κ3) is 3.35. The second-order valence-corrected chi connectivity index (χ2v) is 4.46. The lowest BCUT2D eigenvalue weighted by Crippen LogP contribution is -2.19. The molecule has 2 rings (SSSR count). The maximum absolute atomic E-state index is 13.7. The molecule has 1 aromatic carbocycles. The average molecular weight is 262 g/mol. The van der Waals surface area contributed by atoms with E-state index in [9.17, 15) is 4.39 Å². The molecule has 0 radical (unpaired) electrons. The van der Waals surface area contributed by atoms with Crippen LogP contribution in [0.5, 0.6) is 0 Å². The number of halogens is 1. The van der Waals surface area contributed by atoms with Crippen LogP contribution in [-0.4, -0.2) is 13.6 Å². The summed E-state index contributed by atoms with van der Waals surface area (Å²) in [6.07, 6.45) is 1.68. The Balaban J connectivity index is 2.09. The summed E-state index contributed by atoms with van der Waals surface area (Å²) >= 11 is 0. The Morgan fingerprint density at radius 1 is 1.26 bits per heavy atom. The molecule has 102 valence electrons. The molecule has 3 nitrogen and oxygen atoms in total. The molecule has 0 atom stereocenters. The first-order valence-corrected chi connectivity index (χ1v) is 6.44. The first kappa shape index (κ1) is 13.6. The molecule has 19 heavy (non-hydrogen) atoms. The number of hydrogen-bond donors (Lipinski definition) is 1. The van der Waals surface area contributed by atoms with Crippen molar-refractivity contribution in [3.05, 3.63) is 53.7 Å². The second kappa shape index (κ2) is 6.38. The van der Waals surface area contributed by atoms with Gasteiger partial charge in [-0.3, -0.25) is 0 Å². The molecule has 4 heteroatoms. The molecule has 0 fully saturated rings. The fourth-order valence-corrected chi connectivity index (χ4v) is 2.00. The van der Waals surface area contributed by atoms with E-state index < -0.39 is 0 Å². The monoisotopic (exact) mass is 262 g/mol. The molecule has 0 aliphatic rings. The number of benzene rings is 1. The largest absolute Gasteiger partial charge is 0.468 e. The van der Waals surface area contributed by atoms with Gasteiger partial charge in [0.2, 0.25) is 0 Å². The highest BCUT2D eigenvalue weighted by atomic mass is 19.1. The van der Waals surface area contributed by atoms with Gasteiger partial charge in [0, 0.05) is 19.2 Å². The summed E-state index contributed by atoms with van der Waals surface area (Å²) in [7, 11) is 1.88. The Morgan fingerprint density at radius 2 is 2.05 bits per heavy atom. The van der Waals surface area contributed by atoms with E-state index in [1.807, 2.05) is 31.0 Å². The molecule has 2 aromatic rings. The summed E-state index contributed by atoms with van der Waals surface area (Å²) in [6, 6.07) is 8.72. The molecule has 0 saturated heterocycles. The number of nitrogens with zero attached hydrogens (tertiary/aromatic N) is 1. The fraction of sp³-hybridized carbons (Fsp3) is 0.333. The molecule has 0 aliphatic heterocycles. The van der Waals surface area contributed by atoms with Gasteiger partial charge >= 0.3 is 0 Å². The summed E-state index contributed by atoms with van der Waals surface area (Å²) in [5.41, 5.74) is 1.67. The van der Waals surface area contributed by atoms with E-state index in [4.69, 9.17) is 4.42 Å². The van der Waals surface area contributed by atoms with Gasteiger partial charge in [0.05, 0.1) is 18.5 Å². The van der Waals surface area contributed by atoms with E-state index in [1.165, 1.54) is 6.07 Å². The Bertz CT molecular complexity index is 524. The van der Waals surface area contributed by atoms with Crippen molar-refractivity contribution >= 4 is 5.69 Å². The summed E-state index contributed by atoms with van der Waals surface area (Å²) in [5.74, 6) is 0.701. The summed E-state index contributed by atoms with van der Waals surface area (Å²) < 4.78 is 19.1. The second-order valence-electron chi connectivity index (χ2n) is 4.46. The van der Waals surface area contributed by atoms with Gasteiger partial charge in [0.15, 0.2) is 0 Å². The predicted octanol–water partition coefficient (Wildman–Crippen LogP) is 3.16. The SMILES string of the molecule is CCNCc1occc1CN(C)c1ccccc1F. The first-order valence-electron chi connectivity index (χ1n) is 6.44. The molecular weight excluding hydrogens is 243 g/mol. The van der Waals surface area contributed by atoms with Crippen molar-refractivity contribution in [1.29, 1.82) is 0 Å². The highest BCUT2D eigenvalue weighted by molar-refractivity contribution is 5.47. The smallest absolute Gasteiger partial charge is 0.146 e. The van der Waals surface area contributed by atoms with Gasteiger partial charge in [-0.15, -0.1) is 0 Å². The molecule has 0 aliphatic carbocycles. The van der Waals surface area contributed by atoms with Gasteiger partial charge in [-0.1, -0.05) is 19.1 Å². The van der Waals surface area contributed by atoms with Crippen LogP contribution in [0.15, 0.2) is 41.0 Å². The topological polar surface area (TPSA) is 28.4 Å². The van der Waals surface area contributed by atoms with E-state index >= 15 is 0 Å². The zero-order chi connectivity index (χ0) is 13.7. The van der Waals surface area contributed by atoms with E-state index in [0.717, 1.165) is 17.9 Å². The number of anilines is 1. The van der Waals surface area contributed by atoms with Crippen molar-refractivity contribution in [3.8, 4) is 0 Å². The molecule has 1 heterocycles. The van der Waals surface area contributed by atoms with Gasteiger partial charge in [-0.25, -0.2) is 4.39 Å². The normalized spacial score (nSPS) is 10.7. The minimum atomic E-state index is -0.207. The standard InChI is InChI=1S/C15H19FN2O/c1-3-17-10-15-12(8-9-19-15)11-18(2)14-7-5-4-6-13(14)16/h4-9,17H,3,10-11H2,1-2H3. The highest BCUT2D eigenvalue weighted by Crippen LogP contribution is 2.21. The van der Waals surface area contributed by atoms with E-state index in [1.54, 1.807) is 18.4 Å². The van der Waals surface area contributed by atoms with Crippen LogP contribution in [0, 0.1) is 5.82 Å². The Hall–Kier alpha value is -1.81. The van der Waals surface area contributed by atoms with Gasteiger partial charge < -0.3 is 14.6 Å². The van der Waals surface area contributed by atoms with Gasteiger partial charge in [0.1, 0.15) is 11.6 Å². The number of furan rings is 1. The van der Waals surface area contributed by atoms with Crippen LogP contribution in [0.4, 0.5) is 10.1 Å². The molecule has 1 aromatic heterocycles. The van der Waals surface area contributed by atoms with Crippen molar-refractivity contribution < 1.29 is 8.81 Å². The van der Waals surface area contributed by atoms with Crippen molar-refractivity contribution in [3.63, 3.8) is 0 Å². The lowest BCUT2D eigenvalue weighted by Gasteiger charge is -2.19. The van der Waals surface area contributed by atoms with Crippen molar-refractivity contribution in [2.45, 2.75) is 20.0 Å². The van der Waals surface area contributed by atoms with Crippen LogP contribution in [0.2, 0.25) is 0 Å². The average Bonchev–Trinajstić information content (AvgIpc) is 2.84. The third-order valence-electron chi connectivity index (χ3n) is 3.04. The molecule has 0 unspecified atom stereocenters. The zero-order valence-electron chi connectivity index (χ0n) is 11.3. The minimum Gasteiger partial charge on any atom is -0.468 e. The quantitative estimate of drug-likeness (QED) is 0.866. The van der Waals surface area contributed by atoms with Gasteiger partial charge in [-0.2, -0.15) is 0 Å². The van der Waals surface area contributed by atoms with E-state index in [0.29, 0.717) is 18.8 Å². The fourth-order valence-electron chi connectivity index (χ4n) is 2.00. The maximum Gasteiger partial charge on any atom is 0.146 e. The van der Waals surface area contributed by atoms with Gasteiger partial charge in [0.25, 0.3) is 0 Å². The lowest BCUT2D eigenvalue weighted by molar-refractivity contribution is 0.482. The lowest BCUT2D eigenvalue weighted by atomic mass is 10.2. The summed E-state index contributed by atoms with van der Waals surface area (Å²) in [5, 5.41) is 3.23. The zero-order valence-corrected chi connectivity index (χ0v) is 11.3. The van der Waals surface area contributed by atoms with Crippen molar-refractivity contribution in [1.82, 2.24) is 5.32 Å². The minimum absolute atomic E-state index is 0.207. The summed E-state index contributed by atoms with van der Waals surface area (Å²) in [4.78, 5) is 1.88. The van der Waals surface area contributed by atoms with Crippen LogP contribution in [0.25, 0.3) is 0 Å². The predicted molar refractivity (Wildman–Crippen MR) is 74.6 cm³/mol. The van der Waals surface area contributed by atoms with E-state index in [2.05, 4.69) is 5.32 Å². The van der Waals surface area contributed by atoms with Crippen LogP contribution < -0.4 is 10.2 Å². The Morgan fingerprint density at radius 3 is 2.79 bits per heavy atom.